The summed E-state index contributed by atoms with van der Waals surface area (Å²) in [7, 11) is 1.35. The van der Waals surface area contributed by atoms with Crippen LogP contribution in [0.1, 0.15) is 29.2 Å². The van der Waals surface area contributed by atoms with Gasteiger partial charge in [0.25, 0.3) is 5.91 Å². The van der Waals surface area contributed by atoms with Crippen LogP contribution in [-0.4, -0.2) is 46.8 Å². The largest absolute Gasteiger partial charge is 0.469 e. The van der Waals surface area contributed by atoms with Crippen LogP contribution in [0, 0.1) is 12.8 Å². The molecule has 0 saturated carbocycles. The van der Waals surface area contributed by atoms with E-state index in [2.05, 4.69) is 5.10 Å². The van der Waals surface area contributed by atoms with Gasteiger partial charge < -0.3 is 9.64 Å². The molecule has 2 heterocycles. The summed E-state index contributed by atoms with van der Waals surface area (Å²) in [5.41, 5.74) is 1.69. The smallest absolute Gasteiger partial charge is 0.310 e. The molecule has 2 aromatic heterocycles. The Balaban J connectivity index is 1.94. The number of hydrogen-bond acceptors (Lipinski definition) is 5. The lowest BCUT2D eigenvalue weighted by Crippen LogP contribution is -2.36. The maximum atomic E-state index is 13.0. The van der Waals surface area contributed by atoms with E-state index in [4.69, 9.17) is 16.3 Å². The quantitative estimate of drug-likeness (QED) is 0.558. The number of esters is 1. The van der Waals surface area contributed by atoms with E-state index in [1.165, 1.54) is 18.4 Å². The van der Waals surface area contributed by atoms with Crippen LogP contribution in [0.2, 0.25) is 5.02 Å². The summed E-state index contributed by atoms with van der Waals surface area (Å²) < 4.78 is 6.58. The number of benzene rings is 1. The third-order valence-electron chi connectivity index (χ3n) is 4.57. The average Bonchev–Trinajstić information content (AvgIpc) is 3.25. The van der Waals surface area contributed by atoms with Crippen molar-refractivity contribution in [3.63, 3.8) is 0 Å². The molecule has 28 heavy (non-hydrogen) atoms. The van der Waals surface area contributed by atoms with Crippen molar-refractivity contribution < 1.29 is 14.3 Å². The summed E-state index contributed by atoms with van der Waals surface area (Å²) in [5, 5.41) is 6.15. The summed E-state index contributed by atoms with van der Waals surface area (Å²) in [6.07, 6.45) is 0. The molecule has 3 rings (SSSR count). The number of nitrogens with zero attached hydrogens (tertiary/aromatic N) is 3. The summed E-state index contributed by atoms with van der Waals surface area (Å²) in [6, 6.07) is 9.31. The molecule has 0 radical (unpaired) electrons. The van der Waals surface area contributed by atoms with E-state index in [0.717, 1.165) is 21.6 Å². The lowest BCUT2D eigenvalue weighted by Gasteiger charge is -2.22. The normalized spacial score (nSPS) is 12.2. The molecule has 0 N–H and O–H groups in total. The number of amides is 1. The zero-order valence-corrected chi connectivity index (χ0v) is 17.8. The van der Waals surface area contributed by atoms with Gasteiger partial charge in [-0.2, -0.15) is 5.10 Å². The fourth-order valence-electron chi connectivity index (χ4n) is 3.05. The van der Waals surface area contributed by atoms with Gasteiger partial charge in [0.1, 0.15) is 4.83 Å². The standard InChI is InChI=1S/C20H22ClN3O3S/c1-5-23(11-12(2)20(26)27-4)18(25)17-10-16-13(3)22-24(19(16)28-17)15-8-6-7-14(21)9-15/h6-10,12H,5,11H2,1-4H3. The Kier molecular flexibility index (Phi) is 6.05. The number of aryl methyl sites for hydroxylation is 1. The van der Waals surface area contributed by atoms with Crippen molar-refractivity contribution in [3.05, 3.63) is 45.9 Å². The molecule has 3 aromatic rings. The van der Waals surface area contributed by atoms with E-state index in [1.807, 2.05) is 48.9 Å². The predicted molar refractivity (Wildman–Crippen MR) is 111 cm³/mol. The molecular weight excluding hydrogens is 398 g/mol. The van der Waals surface area contributed by atoms with Gasteiger partial charge in [0.05, 0.1) is 29.3 Å². The number of carbonyl (C=O) groups is 2. The first-order chi connectivity index (χ1) is 13.3. The van der Waals surface area contributed by atoms with Crippen LogP contribution in [-0.2, 0) is 9.53 Å². The highest BCUT2D eigenvalue weighted by molar-refractivity contribution is 7.20. The molecule has 0 bridgehead atoms. The average molecular weight is 420 g/mol. The van der Waals surface area contributed by atoms with Crippen molar-refractivity contribution in [2.75, 3.05) is 20.2 Å². The molecule has 1 atom stereocenters. The van der Waals surface area contributed by atoms with E-state index >= 15 is 0 Å². The first-order valence-electron chi connectivity index (χ1n) is 8.97. The molecule has 0 spiro atoms. The fraction of sp³-hybridized carbons (Fsp3) is 0.350. The van der Waals surface area contributed by atoms with Gasteiger partial charge in [-0.15, -0.1) is 11.3 Å². The number of rotatable bonds is 6. The Morgan fingerprint density at radius 3 is 2.75 bits per heavy atom. The SMILES string of the molecule is CCN(CC(C)C(=O)OC)C(=O)c1cc2c(C)nn(-c3cccc(Cl)c3)c2s1. The van der Waals surface area contributed by atoms with Gasteiger partial charge >= 0.3 is 5.97 Å². The molecule has 0 fully saturated rings. The fourth-order valence-corrected chi connectivity index (χ4v) is 4.39. The minimum atomic E-state index is -0.382. The molecule has 8 heteroatoms. The lowest BCUT2D eigenvalue weighted by molar-refractivity contribution is -0.145. The lowest BCUT2D eigenvalue weighted by atomic mass is 10.1. The van der Waals surface area contributed by atoms with Crippen molar-refractivity contribution in [2.45, 2.75) is 20.8 Å². The van der Waals surface area contributed by atoms with Crippen LogP contribution in [0.15, 0.2) is 30.3 Å². The number of methoxy groups -OCH3 is 1. The number of hydrogen-bond donors (Lipinski definition) is 0. The summed E-state index contributed by atoms with van der Waals surface area (Å²) >= 11 is 7.51. The molecule has 0 aliphatic rings. The Hall–Kier alpha value is -2.38. The van der Waals surface area contributed by atoms with Crippen LogP contribution < -0.4 is 0 Å². The van der Waals surface area contributed by atoms with Crippen LogP contribution in [0.25, 0.3) is 15.9 Å². The minimum absolute atomic E-state index is 0.100. The maximum absolute atomic E-state index is 13.0. The first kappa shape index (κ1) is 20.4. The molecule has 1 aromatic carbocycles. The first-order valence-corrected chi connectivity index (χ1v) is 10.2. The monoisotopic (exact) mass is 419 g/mol. The number of ether oxygens (including phenoxy) is 1. The summed E-state index contributed by atoms with van der Waals surface area (Å²) in [4.78, 5) is 27.9. The van der Waals surface area contributed by atoms with Gasteiger partial charge in [0.2, 0.25) is 0 Å². The van der Waals surface area contributed by atoms with Crippen molar-refractivity contribution in [1.82, 2.24) is 14.7 Å². The third kappa shape index (κ3) is 3.91. The molecule has 0 aliphatic carbocycles. The Morgan fingerprint density at radius 1 is 1.36 bits per heavy atom. The number of carbonyl (C=O) groups excluding carboxylic acids is 2. The number of halogens is 1. The van der Waals surface area contributed by atoms with E-state index in [-0.39, 0.29) is 17.8 Å². The second kappa shape index (κ2) is 8.32. The van der Waals surface area contributed by atoms with Gasteiger partial charge in [-0.25, -0.2) is 4.68 Å². The zero-order chi connectivity index (χ0) is 20.4. The van der Waals surface area contributed by atoms with Gasteiger partial charge in [-0.1, -0.05) is 24.6 Å². The van der Waals surface area contributed by atoms with Crippen molar-refractivity contribution in [3.8, 4) is 5.69 Å². The van der Waals surface area contributed by atoms with Gasteiger partial charge in [0, 0.05) is 23.5 Å². The molecule has 1 amide bonds. The second-order valence-corrected chi connectivity index (χ2v) is 8.04. The molecule has 6 nitrogen and oxygen atoms in total. The van der Waals surface area contributed by atoms with Gasteiger partial charge in [-0.05, 0) is 38.1 Å². The van der Waals surface area contributed by atoms with E-state index < -0.39 is 0 Å². The Labute approximate surface area is 172 Å². The molecule has 0 aliphatic heterocycles. The van der Waals surface area contributed by atoms with Crippen LogP contribution >= 0.6 is 22.9 Å². The summed E-state index contributed by atoms with van der Waals surface area (Å²) in [5.74, 6) is -0.807. The minimum Gasteiger partial charge on any atom is -0.469 e. The van der Waals surface area contributed by atoms with Gasteiger partial charge in [-0.3, -0.25) is 9.59 Å². The van der Waals surface area contributed by atoms with E-state index in [1.54, 1.807) is 11.8 Å². The summed E-state index contributed by atoms with van der Waals surface area (Å²) in [6.45, 7) is 6.40. The highest BCUT2D eigenvalue weighted by atomic mass is 35.5. The van der Waals surface area contributed by atoms with Crippen molar-refractivity contribution in [1.29, 1.82) is 0 Å². The third-order valence-corrected chi connectivity index (χ3v) is 5.91. The number of fused-ring (bicyclic) bond motifs is 1. The Morgan fingerprint density at radius 2 is 2.11 bits per heavy atom. The van der Waals surface area contributed by atoms with Crippen molar-refractivity contribution >= 4 is 45.0 Å². The Bertz CT molecular complexity index is 1030. The van der Waals surface area contributed by atoms with Crippen molar-refractivity contribution in [2.24, 2.45) is 5.92 Å². The predicted octanol–water partition coefficient (Wildman–Crippen LogP) is 4.32. The van der Waals surface area contributed by atoms with E-state index in [0.29, 0.717) is 23.0 Å². The maximum Gasteiger partial charge on any atom is 0.310 e. The second-order valence-electron chi connectivity index (χ2n) is 6.57. The molecule has 148 valence electrons. The number of thiophene rings is 1. The zero-order valence-electron chi connectivity index (χ0n) is 16.2. The highest BCUT2D eigenvalue weighted by Crippen LogP contribution is 2.31. The highest BCUT2D eigenvalue weighted by Gasteiger charge is 2.24. The molecule has 1 unspecified atom stereocenters. The van der Waals surface area contributed by atoms with Crippen LogP contribution in [0.3, 0.4) is 0 Å². The number of aromatic nitrogens is 2. The van der Waals surface area contributed by atoms with Crippen LogP contribution in [0.4, 0.5) is 0 Å². The van der Waals surface area contributed by atoms with Gasteiger partial charge in [0.15, 0.2) is 0 Å². The van der Waals surface area contributed by atoms with E-state index in [9.17, 15) is 9.59 Å². The molecular formula is C20H22ClN3O3S. The molecule has 0 saturated heterocycles. The van der Waals surface area contributed by atoms with Crippen LogP contribution in [0.5, 0.6) is 0 Å². The topological polar surface area (TPSA) is 64.4 Å².